The zero-order valence-corrected chi connectivity index (χ0v) is 27.7. The van der Waals surface area contributed by atoms with Crippen molar-refractivity contribution in [2.45, 2.75) is 71.4 Å². The maximum atomic E-state index is 13.4. The number of hydrogen-bond donors (Lipinski definition) is 2. The van der Waals surface area contributed by atoms with Crippen molar-refractivity contribution in [3.63, 3.8) is 0 Å². The van der Waals surface area contributed by atoms with E-state index in [-0.39, 0.29) is 17.1 Å². The first-order chi connectivity index (χ1) is 16.9. The first-order valence-corrected chi connectivity index (χ1v) is 25.0. The fraction of sp³-hybridized carbons (Fsp3) is 0.462. The molecule has 0 saturated heterocycles. The van der Waals surface area contributed by atoms with Crippen LogP contribution in [-0.2, 0) is 12.3 Å². The molecule has 37 heavy (non-hydrogen) atoms. The van der Waals surface area contributed by atoms with E-state index < -0.39 is 33.8 Å². The predicted octanol–water partition coefficient (Wildman–Crippen LogP) is 6.34. The van der Waals surface area contributed by atoms with Crippen molar-refractivity contribution < 1.29 is 21.9 Å². The molecule has 2 aromatic rings. The van der Waals surface area contributed by atoms with Gasteiger partial charge in [-0.15, -0.1) is 0 Å². The Kier molecular flexibility index (Phi) is 8.59. The Hall–Kier alpha value is -1.87. The van der Waals surface area contributed by atoms with E-state index in [0.29, 0.717) is 34.6 Å². The molecule has 0 heterocycles. The second kappa shape index (κ2) is 10.7. The highest BCUT2D eigenvalue weighted by molar-refractivity contribution is 6.89. The van der Waals surface area contributed by atoms with Gasteiger partial charge in [-0.2, -0.15) is 0 Å². The van der Waals surface area contributed by atoms with Crippen molar-refractivity contribution in [2.75, 3.05) is 17.6 Å². The molecule has 0 saturated carbocycles. The molecule has 0 amide bonds. The maximum Gasteiger partial charge on any atom is 0.315 e. The van der Waals surface area contributed by atoms with E-state index in [9.17, 15) is 9.59 Å². The molecule has 0 bridgehead atoms. The van der Waals surface area contributed by atoms with Crippen LogP contribution in [0, 0.1) is 0 Å². The smallest absolute Gasteiger partial charge is 0.315 e. The largest absolute Gasteiger partial charge is 0.437 e. The molecule has 1 aliphatic carbocycles. The lowest BCUT2D eigenvalue weighted by molar-refractivity contribution is 0.0980. The topological polar surface area (TPSA) is 99.9 Å². The Balaban J connectivity index is 1.77. The highest BCUT2D eigenvalue weighted by atomic mass is 28.5. The lowest BCUT2D eigenvalue weighted by Crippen LogP contribution is -2.56. The number of ketones is 2. The van der Waals surface area contributed by atoms with Gasteiger partial charge in [-0.1, -0.05) is 24.3 Å². The Morgan fingerprint density at radius 1 is 0.730 bits per heavy atom. The monoisotopic (exact) mass is 574 g/mol. The molecule has 1 atom stereocenters. The molecule has 0 radical (unpaired) electrons. The minimum atomic E-state index is -2.53. The normalized spacial score (nSPS) is 15.7. The summed E-state index contributed by atoms with van der Waals surface area (Å²) >= 11 is 0. The van der Waals surface area contributed by atoms with Gasteiger partial charge in [0, 0.05) is 29.0 Å². The van der Waals surface area contributed by atoms with Crippen LogP contribution in [0.5, 0.6) is 0 Å². The van der Waals surface area contributed by atoms with Crippen LogP contribution in [0.25, 0.3) is 0 Å². The number of nitrogen functional groups attached to an aromatic ring is 1. The number of benzene rings is 2. The Morgan fingerprint density at radius 2 is 1.27 bits per heavy atom. The van der Waals surface area contributed by atoms with Gasteiger partial charge in [0.15, 0.2) is 28.2 Å². The minimum Gasteiger partial charge on any atom is -0.437 e. The molecule has 1 unspecified atom stereocenters. The first-order valence-electron chi connectivity index (χ1n) is 12.9. The molecule has 0 aromatic heterocycles. The number of nitrogens with two attached hydrogens (primary N) is 1. The van der Waals surface area contributed by atoms with E-state index in [1.165, 1.54) is 0 Å². The highest BCUT2D eigenvalue weighted by Crippen LogP contribution is 2.35. The molecule has 11 heteroatoms. The van der Waals surface area contributed by atoms with Gasteiger partial charge in [-0.05, 0) is 83.5 Å². The summed E-state index contributed by atoms with van der Waals surface area (Å²) in [6.07, 6.45) is 0.794. The third kappa shape index (κ3) is 7.59. The van der Waals surface area contributed by atoms with Crippen LogP contribution in [0.4, 0.5) is 11.4 Å². The molecule has 0 aliphatic heterocycles. The molecule has 7 nitrogen and oxygen atoms in total. The number of carbonyl (C=O) groups is 2. The van der Waals surface area contributed by atoms with Crippen LogP contribution in [0.15, 0.2) is 36.4 Å². The Labute approximate surface area is 225 Å². The third-order valence-corrected chi connectivity index (χ3v) is 19.3. The summed E-state index contributed by atoms with van der Waals surface area (Å²) in [5.41, 5.74) is 8.57. The number of rotatable bonds is 11. The molecular formula is C26H42N2O5Si4. The van der Waals surface area contributed by atoms with Crippen LogP contribution < -0.4 is 11.1 Å². The first kappa shape index (κ1) is 29.7. The zero-order chi connectivity index (χ0) is 27.8. The molecular weight excluding hydrogens is 533 g/mol. The van der Waals surface area contributed by atoms with E-state index in [4.69, 9.17) is 18.1 Å². The van der Waals surface area contributed by atoms with Gasteiger partial charge in [-0.25, -0.2) is 0 Å². The van der Waals surface area contributed by atoms with Gasteiger partial charge in [-0.3, -0.25) is 9.59 Å². The lowest BCUT2D eigenvalue weighted by atomic mass is 9.82. The SMILES string of the molecule is C[Si](C)(C)O[Si](C)(C)O[Si](C)(CCCNc1ccc(N)c2c1C(=O)c1ccccc1C2=O)O[Si](C)(C)C. The standard InChI is InChI=1S/C26H42N2O5Si4/c1-34(2,3)31-36(7,8)33-37(9,32-35(4,5)6)18-12-17-28-22-16-15-21(27)23-24(22)26(30)20-14-11-10-13-19(20)25(23)29/h10-11,13-16,28H,12,17-18,27H2,1-9H3. The minimum absolute atomic E-state index is 0.180. The maximum absolute atomic E-state index is 13.4. The number of carbonyl (C=O) groups excluding carboxylic acids is 2. The van der Waals surface area contributed by atoms with Crippen LogP contribution in [-0.4, -0.2) is 51.9 Å². The molecule has 1 aliphatic rings. The Morgan fingerprint density at radius 3 is 1.81 bits per heavy atom. The molecule has 0 fully saturated rings. The third-order valence-electron chi connectivity index (χ3n) is 5.77. The fourth-order valence-electron chi connectivity index (χ4n) is 5.08. The quantitative estimate of drug-likeness (QED) is 0.157. The summed E-state index contributed by atoms with van der Waals surface area (Å²) in [4.78, 5) is 26.5. The summed E-state index contributed by atoms with van der Waals surface area (Å²) in [5.74, 6) is -0.390. The Bertz CT molecular complexity index is 1190. The van der Waals surface area contributed by atoms with Crippen molar-refractivity contribution in [1.29, 1.82) is 0 Å². The summed E-state index contributed by atoms with van der Waals surface area (Å²) in [5, 5.41) is 3.40. The fourth-order valence-corrected chi connectivity index (χ4v) is 23.0. The van der Waals surface area contributed by atoms with Gasteiger partial charge >= 0.3 is 17.1 Å². The average molecular weight is 575 g/mol. The van der Waals surface area contributed by atoms with Gasteiger partial charge in [0.25, 0.3) is 0 Å². The molecule has 202 valence electrons. The number of anilines is 2. The number of hydrogen-bond acceptors (Lipinski definition) is 7. The summed E-state index contributed by atoms with van der Waals surface area (Å²) in [7, 11) is -8.51. The van der Waals surface area contributed by atoms with Crippen LogP contribution in [0.1, 0.15) is 38.3 Å². The van der Waals surface area contributed by atoms with Crippen LogP contribution in [0.3, 0.4) is 0 Å². The second-order valence-corrected chi connectivity index (χ2v) is 28.7. The second-order valence-electron chi connectivity index (χ2n) is 12.3. The van der Waals surface area contributed by atoms with Crippen LogP contribution in [0.2, 0.25) is 65.0 Å². The molecule has 3 N–H and O–H groups in total. The van der Waals surface area contributed by atoms with Gasteiger partial charge < -0.3 is 23.4 Å². The van der Waals surface area contributed by atoms with E-state index in [1.54, 1.807) is 36.4 Å². The highest BCUT2D eigenvalue weighted by Gasteiger charge is 2.44. The van der Waals surface area contributed by atoms with Crippen molar-refractivity contribution in [1.82, 2.24) is 0 Å². The van der Waals surface area contributed by atoms with Gasteiger partial charge in [0.1, 0.15) is 0 Å². The number of nitrogens with one attached hydrogen (secondary N) is 1. The van der Waals surface area contributed by atoms with E-state index in [2.05, 4.69) is 64.2 Å². The average Bonchev–Trinajstić information content (AvgIpc) is 2.72. The summed E-state index contributed by atoms with van der Waals surface area (Å²) in [6.45, 7) is 20.1. The molecule has 2 aromatic carbocycles. The summed E-state index contributed by atoms with van der Waals surface area (Å²) in [6, 6.07) is 11.2. The molecule has 0 spiro atoms. The van der Waals surface area contributed by atoms with E-state index in [0.717, 1.165) is 12.5 Å². The van der Waals surface area contributed by atoms with Crippen LogP contribution >= 0.6 is 0 Å². The lowest BCUT2D eigenvalue weighted by Gasteiger charge is -2.41. The predicted molar refractivity (Wildman–Crippen MR) is 161 cm³/mol. The summed E-state index contributed by atoms with van der Waals surface area (Å²) < 4.78 is 19.9. The van der Waals surface area contributed by atoms with Crippen molar-refractivity contribution in [3.8, 4) is 0 Å². The number of fused-ring (bicyclic) bond motifs is 2. The van der Waals surface area contributed by atoms with Gasteiger partial charge in [0.05, 0.1) is 11.1 Å². The van der Waals surface area contributed by atoms with Gasteiger partial charge in [0.2, 0.25) is 0 Å². The van der Waals surface area contributed by atoms with Crippen molar-refractivity contribution in [3.05, 3.63) is 58.7 Å². The van der Waals surface area contributed by atoms with Crippen molar-refractivity contribution in [2.24, 2.45) is 0 Å². The molecule has 3 rings (SSSR count). The zero-order valence-electron chi connectivity index (χ0n) is 23.7. The van der Waals surface area contributed by atoms with Crippen molar-refractivity contribution >= 4 is 56.7 Å². The van der Waals surface area contributed by atoms with E-state index in [1.807, 2.05) is 0 Å². The van der Waals surface area contributed by atoms with E-state index >= 15 is 0 Å².